The number of ketones is 1. The topological polar surface area (TPSA) is 63.7 Å². The zero-order valence-corrected chi connectivity index (χ0v) is 15.9. The molecule has 0 N–H and O–H groups in total. The van der Waals surface area contributed by atoms with Crippen LogP contribution in [0.3, 0.4) is 0 Å². The van der Waals surface area contributed by atoms with Crippen LogP contribution in [0.15, 0.2) is 48.5 Å². The summed E-state index contributed by atoms with van der Waals surface area (Å²) in [7, 11) is 0. The van der Waals surface area contributed by atoms with Crippen molar-refractivity contribution in [3.05, 3.63) is 65.5 Å². The summed E-state index contributed by atoms with van der Waals surface area (Å²) in [5, 5.41) is 0. The van der Waals surface area contributed by atoms with E-state index in [-0.39, 0.29) is 24.4 Å². The van der Waals surface area contributed by atoms with Gasteiger partial charge in [-0.25, -0.2) is 4.39 Å². The minimum Gasteiger partial charge on any atom is -0.454 e. The van der Waals surface area contributed by atoms with Crippen molar-refractivity contribution in [2.24, 2.45) is 5.92 Å². The van der Waals surface area contributed by atoms with Gasteiger partial charge in [-0.15, -0.1) is 0 Å². The zero-order valence-electron chi connectivity index (χ0n) is 15.9. The average molecular weight is 383 g/mol. The monoisotopic (exact) mass is 383 g/mol. The maximum atomic E-state index is 13.0. The van der Waals surface area contributed by atoms with Crippen molar-refractivity contribution in [2.75, 3.05) is 11.4 Å². The number of nitrogens with zero attached hydrogens (tertiary/aromatic N) is 1. The number of halogens is 1. The van der Waals surface area contributed by atoms with Gasteiger partial charge < -0.3 is 9.64 Å². The third-order valence-electron chi connectivity index (χ3n) is 4.91. The molecule has 2 aromatic carbocycles. The molecule has 6 heteroatoms. The zero-order chi connectivity index (χ0) is 20.3. The van der Waals surface area contributed by atoms with Gasteiger partial charge in [0.1, 0.15) is 5.82 Å². The van der Waals surface area contributed by atoms with E-state index in [4.69, 9.17) is 4.74 Å². The second kappa shape index (κ2) is 8.33. The number of hydrogen-bond acceptors (Lipinski definition) is 4. The van der Waals surface area contributed by atoms with Crippen molar-refractivity contribution in [3.63, 3.8) is 0 Å². The third-order valence-corrected chi connectivity index (χ3v) is 4.91. The number of hydrogen-bond donors (Lipinski definition) is 0. The molecule has 1 heterocycles. The highest BCUT2D eigenvalue weighted by Crippen LogP contribution is 2.29. The van der Waals surface area contributed by atoms with Crippen LogP contribution in [0, 0.1) is 11.7 Å². The molecule has 5 nitrogen and oxygen atoms in total. The molecule has 1 amide bonds. The Hall–Kier alpha value is -3.02. The first-order valence-electron chi connectivity index (χ1n) is 9.29. The van der Waals surface area contributed by atoms with Crippen molar-refractivity contribution in [3.8, 4) is 0 Å². The first-order valence-corrected chi connectivity index (χ1v) is 9.29. The molecule has 1 saturated heterocycles. The van der Waals surface area contributed by atoms with Crippen LogP contribution in [0.1, 0.15) is 36.2 Å². The molecule has 1 fully saturated rings. The van der Waals surface area contributed by atoms with Crippen LogP contribution in [-0.2, 0) is 20.7 Å². The van der Waals surface area contributed by atoms with Crippen molar-refractivity contribution >= 4 is 23.3 Å². The minimum atomic E-state index is -1.01. The number of benzene rings is 2. The predicted molar refractivity (Wildman–Crippen MR) is 103 cm³/mol. The Bertz CT molecular complexity index is 894. The van der Waals surface area contributed by atoms with E-state index in [9.17, 15) is 18.8 Å². The van der Waals surface area contributed by atoms with Crippen LogP contribution < -0.4 is 4.90 Å². The normalized spacial score (nSPS) is 17.5. The summed E-state index contributed by atoms with van der Waals surface area (Å²) in [5.74, 6) is -2.20. The molecule has 0 radical (unpaired) electrons. The number of anilines is 1. The van der Waals surface area contributed by atoms with E-state index < -0.39 is 29.6 Å². The molecule has 1 aliphatic rings. The van der Waals surface area contributed by atoms with E-state index in [1.165, 1.54) is 31.2 Å². The SMILES string of the molecule is CCc1ccccc1N1C[C@@H](C(=O)O[C@@H](C)C(=O)c2ccc(F)cc2)CC1=O. The molecule has 2 aromatic rings. The van der Waals surface area contributed by atoms with E-state index in [1.54, 1.807) is 4.90 Å². The molecule has 0 spiro atoms. The minimum absolute atomic E-state index is 0.0499. The average Bonchev–Trinajstić information content (AvgIpc) is 3.09. The van der Waals surface area contributed by atoms with E-state index in [1.807, 2.05) is 31.2 Å². The fourth-order valence-corrected chi connectivity index (χ4v) is 3.34. The number of Topliss-reactive ketones (excluding diaryl/α,β-unsaturated/α-hetero) is 1. The van der Waals surface area contributed by atoms with E-state index in [0.29, 0.717) is 0 Å². The van der Waals surface area contributed by atoms with Gasteiger partial charge in [-0.05, 0) is 49.2 Å². The summed E-state index contributed by atoms with van der Waals surface area (Å²) in [6, 6.07) is 12.7. The highest BCUT2D eigenvalue weighted by molar-refractivity contribution is 6.02. The summed E-state index contributed by atoms with van der Waals surface area (Å²) in [6.45, 7) is 3.71. The number of para-hydroxylation sites is 1. The summed E-state index contributed by atoms with van der Waals surface area (Å²) < 4.78 is 18.3. The van der Waals surface area contributed by atoms with Gasteiger partial charge in [0.25, 0.3) is 0 Å². The van der Waals surface area contributed by atoms with Crippen LogP contribution in [0.4, 0.5) is 10.1 Å². The smallest absolute Gasteiger partial charge is 0.312 e. The molecule has 0 aliphatic carbocycles. The predicted octanol–water partition coefficient (Wildman–Crippen LogP) is 3.56. The van der Waals surface area contributed by atoms with Gasteiger partial charge in [-0.1, -0.05) is 25.1 Å². The Morgan fingerprint density at radius 2 is 1.86 bits per heavy atom. The molecule has 1 aliphatic heterocycles. The second-order valence-corrected chi connectivity index (χ2v) is 6.84. The number of esters is 1. The summed E-state index contributed by atoms with van der Waals surface area (Å²) in [4.78, 5) is 38.9. The fourth-order valence-electron chi connectivity index (χ4n) is 3.34. The van der Waals surface area contributed by atoms with Crippen molar-refractivity contribution in [1.29, 1.82) is 0 Å². The number of ether oxygens (including phenoxy) is 1. The largest absolute Gasteiger partial charge is 0.454 e. The molecule has 2 atom stereocenters. The van der Waals surface area contributed by atoms with Gasteiger partial charge in [-0.3, -0.25) is 14.4 Å². The molecule has 0 aromatic heterocycles. The number of carbonyl (C=O) groups excluding carboxylic acids is 3. The Morgan fingerprint density at radius 1 is 1.18 bits per heavy atom. The summed E-state index contributed by atoms with van der Waals surface area (Å²) in [5.41, 5.74) is 2.10. The van der Waals surface area contributed by atoms with E-state index in [2.05, 4.69) is 0 Å². The molecular weight excluding hydrogens is 361 g/mol. The Balaban J connectivity index is 1.66. The molecular formula is C22H22FNO4. The molecule has 28 heavy (non-hydrogen) atoms. The Morgan fingerprint density at radius 3 is 2.54 bits per heavy atom. The van der Waals surface area contributed by atoms with Crippen LogP contribution in [-0.4, -0.2) is 30.3 Å². The van der Waals surface area contributed by atoms with Crippen LogP contribution >= 0.6 is 0 Å². The standard InChI is InChI=1S/C22H22FNO4/c1-3-15-6-4-5-7-19(15)24-13-17(12-20(24)25)22(27)28-14(2)21(26)16-8-10-18(23)11-9-16/h4-11,14,17H,3,12-13H2,1-2H3/t14-,17-/m0/s1. The van der Waals surface area contributed by atoms with Crippen molar-refractivity contribution in [2.45, 2.75) is 32.8 Å². The van der Waals surface area contributed by atoms with Crippen molar-refractivity contribution < 1.29 is 23.5 Å². The third kappa shape index (κ3) is 4.11. The van der Waals surface area contributed by atoms with Gasteiger partial charge in [0.05, 0.1) is 5.92 Å². The molecule has 3 rings (SSSR count). The lowest BCUT2D eigenvalue weighted by Gasteiger charge is -2.20. The lowest BCUT2D eigenvalue weighted by atomic mass is 10.1. The maximum absolute atomic E-state index is 13.0. The van der Waals surface area contributed by atoms with Crippen LogP contribution in [0.5, 0.6) is 0 Å². The first-order chi connectivity index (χ1) is 13.4. The first kappa shape index (κ1) is 19.7. The molecule has 0 unspecified atom stereocenters. The number of amides is 1. The number of aryl methyl sites for hydroxylation is 1. The highest BCUT2D eigenvalue weighted by Gasteiger charge is 2.37. The number of carbonyl (C=O) groups is 3. The molecule has 0 bridgehead atoms. The Kier molecular flexibility index (Phi) is 5.87. The summed E-state index contributed by atoms with van der Waals surface area (Å²) >= 11 is 0. The summed E-state index contributed by atoms with van der Waals surface area (Å²) in [6.07, 6.45) is -0.183. The van der Waals surface area contributed by atoms with Crippen molar-refractivity contribution in [1.82, 2.24) is 0 Å². The molecule has 0 saturated carbocycles. The lowest BCUT2D eigenvalue weighted by Crippen LogP contribution is -2.30. The lowest BCUT2D eigenvalue weighted by molar-refractivity contribution is -0.151. The van der Waals surface area contributed by atoms with Gasteiger partial charge >= 0.3 is 5.97 Å². The van der Waals surface area contributed by atoms with Gasteiger partial charge in [0, 0.05) is 24.2 Å². The number of rotatable bonds is 6. The second-order valence-electron chi connectivity index (χ2n) is 6.84. The van der Waals surface area contributed by atoms with E-state index >= 15 is 0 Å². The molecule has 146 valence electrons. The van der Waals surface area contributed by atoms with E-state index in [0.717, 1.165) is 17.7 Å². The van der Waals surface area contributed by atoms with Crippen LogP contribution in [0.2, 0.25) is 0 Å². The quantitative estimate of drug-likeness (QED) is 0.565. The fraction of sp³-hybridized carbons (Fsp3) is 0.318. The van der Waals surface area contributed by atoms with Gasteiger partial charge in [0.2, 0.25) is 11.7 Å². The maximum Gasteiger partial charge on any atom is 0.312 e. The Labute approximate surface area is 163 Å². The van der Waals surface area contributed by atoms with Gasteiger partial charge in [-0.2, -0.15) is 0 Å². The van der Waals surface area contributed by atoms with Crippen LogP contribution in [0.25, 0.3) is 0 Å². The van der Waals surface area contributed by atoms with Gasteiger partial charge in [0.15, 0.2) is 6.10 Å². The highest BCUT2D eigenvalue weighted by atomic mass is 19.1.